The molecule has 0 N–H and O–H groups in total. The number of para-hydroxylation sites is 1. The Labute approximate surface area is 174 Å². The molecule has 0 radical (unpaired) electrons. The van der Waals surface area contributed by atoms with Crippen LogP contribution in [0, 0.1) is 0 Å². The fourth-order valence-electron chi connectivity index (χ4n) is 5.07. The predicted octanol–water partition coefficient (Wildman–Crippen LogP) is 4.09. The second kappa shape index (κ2) is 8.66. The number of rotatable bonds is 4. The summed E-state index contributed by atoms with van der Waals surface area (Å²) in [5, 5.41) is 0. The lowest BCUT2D eigenvalue weighted by molar-refractivity contribution is 0.171. The van der Waals surface area contributed by atoms with Crippen molar-refractivity contribution in [1.29, 1.82) is 0 Å². The molecule has 154 valence electrons. The Kier molecular flexibility index (Phi) is 5.62. The van der Waals surface area contributed by atoms with E-state index >= 15 is 0 Å². The van der Waals surface area contributed by atoms with E-state index in [1.54, 1.807) is 16.7 Å². The van der Waals surface area contributed by atoms with Gasteiger partial charge in [0, 0.05) is 32.7 Å². The average Bonchev–Trinajstić information content (AvgIpc) is 3.04. The molecule has 0 amide bonds. The summed E-state index contributed by atoms with van der Waals surface area (Å²) in [6.07, 6.45) is 7.83. The predicted molar refractivity (Wildman–Crippen MR) is 117 cm³/mol. The first-order chi connectivity index (χ1) is 14.4. The van der Waals surface area contributed by atoms with Crippen molar-refractivity contribution in [2.45, 2.75) is 38.5 Å². The van der Waals surface area contributed by atoms with Gasteiger partial charge in [0.1, 0.15) is 13.2 Å². The molecule has 1 saturated heterocycles. The van der Waals surface area contributed by atoms with Crippen molar-refractivity contribution in [3.05, 3.63) is 53.1 Å². The van der Waals surface area contributed by atoms with Crippen molar-refractivity contribution in [3.8, 4) is 11.5 Å². The van der Waals surface area contributed by atoms with Crippen molar-refractivity contribution in [2.24, 2.45) is 0 Å². The van der Waals surface area contributed by atoms with Gasteiger partial charge >= 0.3 is 0 Å². The van der Waals surface area contributed by atoms with Crippen LogP contribution in [0.5, 0.6) is 11.5 Å². The third kappa shape index (κ3) is 4.09. The van der Waals surface area contributed by atoms with Crippen molar-refractivity contribution in [1.82, 2.24) is 4.90 Å². The number of fused-ring (bicyclic) bond motifs is 2. The number of hydrogen-bond donors (Lipinski definition) is 0. The second-order valence-electron chi connectivity index (χ2n) is 8.50. The zero-order chi connectivity index (χ0) is 19.5. The first kappa shape index (κ1) is 18.8. The van der Waals surface area contributed by atoms with E-state index in [0.29, 0.717) is 13.2 Å². The SMILES string of the molecule is c1cc2c(c(CCN3CCN(c4cccc5c4OCCO5)CC3)c1)CCCCC2. The summed E-state index contributed by atoms with van der Waals surface area (Å²) in [6, 6.07) is 13.3. The van der Waals surface area contributed by atoms with Crippen LogP contribution in [0.15, 0.2) is 36.4 Å². The van der Waals surface area contributed by atoms with Crippen LogP contribution in [0.2, 0.25) is 0 Å². The molecule has 0 aromatic heterocycles. The highest BCUT2D eigenvalue weighted by molar-refractivity contribution is 5.65. The fourth-order valence-corrected chi connectivity index (χ4v) is 5.07. The van der Waals surface area contributed by atoms with E-state index in [0.717, 1.165) is 44.2 Å². The molecule has 1 aliphatic carbocycles. The molecular formula is C25H32N2O2. The van der Waals surface area contributed by atoms with Gasteiger partial charge in [-0.05, 0) is 60.9 Å². The quantitative estimate of drug-likeness (QED) is 0.732. The van der Waals surface area contributed by atoms with Gasteiger partial charge in [0.2, 0.25) is 0 Å². The van der Waals surface area contributed by atoms with E-state index in [9.17, 15) is 0 Å². The number of hydrogen-bond acceptors (Lipinski definition) is 4. The lowest BCUT2D eigenvalue weighted by atomic mass is 9.95. The van der Waals surface area contributed by atoms with Crippen LogP contribution < -0.4 is 14.4 Å². The Morgan fingerprint density at radius 1 is 0.793 bits per heavy atom. The summed E-state index contributed by atoms with van der Waals surface area (Å²) in [6.45, 7) is 6.77. The molecule has 0 unspecified atom stereocenters. The summed E-state index contributed by atoms with van der Waals surface area (Å²) in [5.74, 6) is 1.82. The normalized spacial score (nSPS) is 19.5. The van der Waals surface area contributed by atoms with Crippen molar-refractivity contribution < 1.29 is 9.47 Å². The van der Waals surface area contributed by atoms with E-state index in [1.165, 1.54) is 44.2 Å². The van der Waals surface area contributed by atoms with Crippen LogP contribution in [0.3, 0.4) is 0 Å². The monoisotopic (exact) mass is 392 g/mol. The molecule has 2 aromatic rings. The Balaban J connectivity index is 1.20. The summed E-state index contributed by atoms with van der Waals surface area (Å²) in [5.41, 5.74) is 6.06. The summed E-state index contributed by atoms with van der Waals surface area (Å²) in [7, 11) is 0. The molecular weight excluding hydrogens is 360 g/mol. The summed E-state index contributed by atoms with van der Waals surface area (Å²) in [4.78, 5) is 5.08. The Morgan fingerprint density at radius 2 is 1.62 bits per heavy atom. The van der Waals surface area contributed by atoms with E-state index in [2.05, 4.69) is 40.1 Å². The van der Waals surface area contributed by atoms with Gasteiger partial charge in [-0.1, -0.05) is 30.7 Å². The second-order valence-corrected chi connectivity index (χ2v) is 8.50. The Bertz CT molecular complexity index is 843. The molecule has 4 nitrogen and oxygen atoms in total. The molecule has 0 atom stereocenters. The molecule has 3 aliphatic rings. The molecule has 2 aromatic carbocycles. The first-order valence-electron chi connectivity index (χ1n) is 11.3. The number of aryl methyl sites for hydroxylation is 1. The maximum Gasteiger partial charge on any atom is 0.184 e. The van der Waals surface area contributed by atoms with Gasteiger partial charge in [-0.15, -0.1) is 0 Å². The Morgan fingerprint density at radius 3 is 2.55 bits per heavy atom. The van der Waals surface area contributed by atoms with Gasteiger partial charge in [0.15, 0.2) is 11.5 Å². The smallest absolute Gasteiger partial charge is 0.184 e. The van der Waals surface area contributed by atoms with Crippen LogP contribution in [0.4, 0.5) is 5.69 Å². The zero-order valence-corrected chi connectivity index (χ0v) is 17.4. The minimum atomic E-state index is 0.644. The molecule has 0 saturated carbocycles. The van der Waals surface area contributed by atoms with E-state index < -0.39 is 0 Å². The van der Waals surface area contributed by atoms with Crippen LogP contribution in [0.25, 0.3) is 0 Å². The lowest BCUT2D eigenvalue weighted by Crippen LogP contribution is -2.47. The molecule has 1 fully saturated rings. The minimum Gasteiger partial charge on any atom is -0.486 e. The van der Waals surface area contributed by atoms with Gasteiger partial charge in [0.05, 0.1) is 5.69 Å². The molecule has 0 bridgehead atoms. The maximum atomic E-state index is 5.92. The van der Waals surface area contributed by atoms with Gasteiger partial charge in [0.25, 0.3) is 0 Å². The van der Waals surface area contributed by atoms with E-state index in [1.807, 2.05) is 6.07 Å². The molecule has 2 aliphatic heterocycles. The van der Waals surface area contributed by atoms with Gasteiger partial charge in [-0.3, -0.25) is 4.90 Å². The van der Waals surface area contributed by atoms with Crippen molar-refractivity contribution >= 4 is 5.69 Å². The highest BCUT2D eigenvalue weighted by Crippen LogP contribution is 2.39. The van der Waals surface area contributed by atoms with E-state index in [4.69, 9.17) is 9.47 Å². The minimum absolute atomic E-state index is 0.644. The van der Waals surface area contributed by atoms with Crippen LogP contribution in [-0.4, -0.2) is 50.8 Å². The number of piperazine rings is 1. The van der Waals surface area contributed by atoms with Crippen molar-refractivity contribution in [3.63, 3.8) is 0 Å². The summed E-state index contributed by atoms with van der Waals surface area (Å²) < 4.78 is 11.7. The highest BCUT2D eigenvalue weighted by Gasteiger charge is 2.23. The number of ether oxygens (including phenoxy) is 2. The summed E-state index contributed by atoms with van der Waals surface area (Å²) >= 11 is 0. The van der Waals surface area contributed by atoms with Crippen LogP contribution in [-0.2, 0) is 19.3 Å². The molecule has 2 heterocycles. The Hall–Kier alpha value is -2.20. The first-order valence-corrected chi connectivity index (χ1v) is 11.3. The molecule has 0 spiro atoms. The molecule has 29 heavy (non-hydrogen) atoms. The van der Waals surface area contributed by atoms with Gasteiger partial charge in [-0.2, -0.15) is 0 Å². The molecule has 5 rings (SSSR count). The average molecular weight is 393 g/mol. The largest absolute Gasteiger partial charge is 0.486 e. The van der Waals surface area contributed by atoms with Gasteiger partial charge < -0.3 is 14.4 Å². The highest BCUT2D eigenvalue weighted by atomic mass is 16.6. The van der Waals surface area contributed by atoms with Crippen LogP contribution >= 0.6 is 0 Å². The topological polar surface area (TPSA) is 24.9 Å². The standard InChI is InChI=1S/C25H32N2O2/c1-2-6-20-7-4-8-21(22(20)9-3-1)12-13-26-14-16-27(17-15-26)23-10-5-11-24-25(23)29-19-18-28-24/h4-5,7-8,10-11H,1-3,6,9,12-19H2. The van der Waals surface area contributed by atoms with Crippen molar-refractivity contribution in [2.75, 3.05) is 50.8 Å². The lowest BCUT2D eigenvalue weighted by Gasteiger charge is -2.37. The van der Waals surface area contributed by atoms with E-state index in [-0.39, 0.29) is 0 Å². The number of anilines is 1. The number of benzene rings is 2. The van der Waals surface area contributed by atoms with Crippen LogP contribution in [0.1, 0.15) is 36.0 Å². The maximum absolute atomic E-state index is 5.92. The fraction of sp³-hybridized carbons (Fsp3) is 0.520. The molecule has 4 heteroatoms. The zero-order valence-electron chi connectivity index (χ0n) is 17.4. The third-order valence-corrected chi connectivity index (χ3v) is 6.70. The van der Waals surface area contributed by atoms with Gasteiger partial charge in [-0.25, -0.2) is 0 Å². The third-order valence-electron chi connectivity index (χ3n) is 6.70. The number of nitrogens with zero attached hydrogens (tertiary/aromatic N) is 2.